The number of anilines is 1. The van der Waals surface area contributed by atoms with Crippen molar-refractivity contribution in [1.29, 1.82) is 0 Å². The Morgan fingerprint density at radius 3 is 2.74 bits per heavy atom. The number of aromatic nitrogens is 2. The standard InChI is InChI=1S/C27H29N5OS/c1-19-11-16-34-26(19)27(33)28-25-17-20(18-32-14-12-31(2)13-15-32)7-8-21(25)9-10-24-22-5-3-4-6-23(22)29-30-24/h3-11,16-17H,12-15,18H2,1-2H3,(H,28,33)(H,29,30)/b10-9+. The maximum Gasteiger partial charge on any atom is 0.266 e. The predicted octanol–water partition coefficient (Wildman–Crippen LogP) is 5.10. The van der Waals surface area contributed by atoms with Gasteiger partial charge in [-0.15, -0.1) is 11.3 Å². The smallest absolute Gasteiger partial charge is 0.266 e. The molecule has 1 amide bonds. The van der Waals surface area contributed by atoms with Gasteiger partial charge in [0.05, 0.1) is 16.1 Å². The lowest BCUT2D eigenvalue weighted by Gasteiger charge is -2.32. The molecule has 0 aliphatic carbocycles. The zero-order chi connectivity index (χ0) is 23.5. The van der Waals surface area contributed by atoms with Gasteiger partial charge in [0.1, 0.15) is 0 Å². The number of piperazine rings is 1. The fourth-order valence-electron chi connectivity index (χ4n) is 4.28. The first-order valence-electron chi connectivity index (χ1n) is 11.6. The average Bonchev–Trinajstić information content (AvgIpc) is 3.46. The second kappa shape index (κ2) is 9.93. The van der Waals surface area contributed by atoms with Crippen LogP contribution in [0.2, 0.25) is 0 Å². The Bertz CT molecular complexity index is 1330. The van der Waals surface area contributed by atoms with Gasteiger partial charge < -0.3 is 10.2 Å². The molecule has 5 rings (SSSR count). The van der Waals surface area contributed by atoms with E-state index in [1.54, 1.807) is 0 Å². The molecule has 2 aromatic carbocycles. The van der Waals surface area contributed by atoms with Crippen molar-refractivity contribution in [3.05, 3.63) is 81.2 Å². The van der Waals surface area contributed by atoms with E-state index in [1.165, 1.54) is 16.9 Å². The van der Waals surface area contributed by atoms with Crippen LogP contribution in [-0.4, -0.2) is 59.1 Å². The van der Waals surface area contributed by atoms with Gasteiger partial charge in [0.15, 0.2) is 0 Å². The largest absolute Gasteiger partial charge is 0.321 e. The first-order chi connectivity index (χ1) is 16.6. The van der Waals surface area contributed by atoms with E-state index in [0.29, 0.717) is 0 Å². The quantitative estimate of drug-likeness (QED) is 0.411. The van der Waals surface area contributed by atoms with E-state index in [-0.39, 0.29) is 5.91 Å². The number of H-pyrrole nitrogens is 1. The number of nitrogens with one attached hydrogen (secondary N) is 2. The van der Waals surface area contributed by atoms with Crippen LogP contribution in [0.4, 0.5) is 5.69 Å². The number of aromatic amines is 1. The Morgan fingerprint density at radius 2 is 1.94 bits per heavy atom. The highest BCUT2D eigenvalue weighted by atomic mass is 32.1. The fourth-order valence-corrected chi connectivity index (χ4v) is 5.10. The van der Waals surface area contributed by atoms with Crippen molar-refractivity contribution in [2.75, 3.05) is 38.5 Å². The lowest BCUT2D eigenvalue weighted by atomic mass is 10.1. The molecule has 34 heavy (non-hydrogen) atoms. The summed E-state index contributed by atoms with van der Waals surface area (Å²) in [7, 11) is 2.17. The molecule has 1 aliphatic rings. The number of carbonyl (C=O) groups excluding carboxylic acids is 1. The molecule has 1 saturated heterocycles. The third-order valence-corrected chi connectivity index (χ3v) is 7.37. The number of fused-ring (bicyclic) bond motifs is 1. The average molecular weight is 472 g/mol. The number of benzene rings is 2. The van der Waals surface area contributed by atoms with Gasteiger partial charge in [-0.1, -0.05) is 36.4 Å². The Kier molecular flexibility index (Phi) is 6.58. The van der Waals surface area contributed by atoms with E-state index < -0.39 is 0 Å². The van der Waals surface area contributed by atoms with Gasteiger partial charge in [0.2, 0.25) is 0 Å². The van der Waals surface area contributed by atoms with Crippen LogP contribution in [-0.2, 0) is 6.54 Å². The molecule has 4 aromatic rings. The number of thiophene rings is 1. The lowest BCUT2D eigenvalue weighted by Crippen LogP contribution is -2.43. The van der Waals surface area contributed by atoms with Gasteiger partial charge in [-0.3, -0.25) is 14.8 Å². The van der Waals surface area contributed by atoms with Crippen LogP contribution in [0.15, 0.2) is 53.9 Å². The molecule has 0 spiro atoms. The number of para-hydroxylation sites is 1. The Hall–Kier alpha value is -3.26. The zero-order valence-electron chi connectivity index (χ0n) is 19.5. The SMILES string of the molecule is Cc1ccsc1C(=O)Nc1cc(CN2CCN(C)CC2)ccc1/C=C/c1n[nH]c2ccccc12. The summed E-state index contributed by atoms with van der Waals surface area (Å²) >= 11 is 1.47. The lowest BCUT2D eigenvalue weighted by molar-refractivity contribution is 0.103. The fraction of sp³-hybridized carbons (Fsp3) is 0.259. The van der Waals surface area contributed by atoms with Crippen molar-refractivity contribution >= 4 is 46.0 Å². The molecule has 1 fully saturated rings. The topological polar surface area (TPSA) is 64.3 Å². The summed E-state index contributed by atoms with van der Waals surface area (Å²) < 4.78 is 0. The van der Waals surface area contributed by atoms with E-state index in [1.807, 2.05) is 48.7 Å². The zero-order valence-corrected chi connectivity index (χ0v) is 20.4. The summed E-state index contributed by atoms with van der Waals surface area (Å²) in [5, 5.41) is 13.7. The molecular weight excluding hydrogens is 442 g/mol. The van der Waals surface area contributed by atoms with Gasteiger partial charge >= 0.3 is 0 Å². The molecule has 1 aliphatic heterocycles. The minimum atomic E-state index is -0.0656. The molecule has 3 heterocycles. The Morgan fingerprint density at radius 1 is 1.12 bits per heavy atom. The predicted molar refractivity (Wildman–Crippen MR) is 141 cm³/mol. The molecule has 2 N–H and O–H groups in total. The van der Waals surface area contributed by atoms with Crippen molar-refractivity contribution in [3.8, 4) is 0 Å². The van der Waals surface area contributed by atoms with E-state index in [2.05, 4.69) is 56.6 Å². The normalized spacial score (nSPS) is 15.4. The molecule has 0 radical (unpaired) electrons. The molecule has 6 nitrogen and oxygen atoms in total. The van der Waals surface area contributed by atoms with Gasteiger partial charge in [0.25, 0.3) is 5.91 Å². The van der Waals surface area contributed by atoms with E-state index in [0.717, 1.165) is 71.0 Å². The van der Waals surface area contributed by atoms with Crippen molar-refractivity contribution in [2.45, 2.75) is 13.5 Å². The molecule has 7 heteroatoms. The summed E-state index contributed by atoms with van der Waals surface area (Å²) in [5.41, 5.74) is 5.86. The number of hydrogen-bond acceptors (Lipinski definition) is 5. The summed E-state index contributed by atoms with van der Waals surface area (Å²) in [6, 6.07) is 16.4. The van der Waals surface area contributed by atoms with Crippen LogP contribution in [0.5, 0.6) is 0 Å². The number of rotatable bonds is 6. The number of hydrogen-bond donors (Lipinski definition) is 2. The van der Waals surface area contributed by atoms with E-state index >= 15 is 0 Å². The van der Waals surface area contributed by atoms with Crippen LogP contribution in [0.1, 0.15) is 32.1 Å². The summed E-state index contributed by atoms with van der Waals surface area (Å²) in [6.07, 6.45) is 4.03. The maximum absolute atomic E-state index is 13.0. The number of carbonyl (C=O) groups is 1. The highest BCUT2D eigenvalue weighted by Gasteiger charge is 2.16. The highest BCUT2D eigenvalue weighted by molar-refractivity contribution is 7.12. The second-order valence-corrected chi connectivity index (χ2v) is 9.79. The van der Waals surface area contributed by atoms with Crippen molar-refractivity contribution in [2.24, 2.45) is 0 Å². The molecule has 0 atom stereocenters. The van der Waals surface area contributed by atoms with E-state index in [9.17, 15) is 4.79 Å². The van der Waals surface area contributed by atoms with Crippen LogP contribution >= 0.6 is 11.3 Å². The van der Waals surface area contributed by atoms with Gasteiger partial charge in [0, 0.05) is 43.8 Å². The van der Waals surface area contributed by atoms with Crippen LogP contribution < -0.4 is 5.32 Å². The number of nitrogens with zero attached hydrogens (tertiary/aromatic N) is 3. The van der Waals surface area contributed by atoms with Gasteiger partial charge in [-0.2, -0.15) is 5.10 Å². The van der Waals surface area contributed by atoms with E-state index in [4.69, 9.17) is 0 Å². The van der Waals surface area contributed by atoms with Gasteiger partial charge in [-0.05, 0) is 60.3 Å². The first-order valence-corrected chi connectivity index (χ1v) is 12.5. The molecule has 0 bridgehead atoms. The van der Waals surface area contributed by atoms with Crippen LogP contribution in [0.25, 0.3) is 23.1 Å². The minimum absolute atomic E-state index is 0.0656. The highest BCUT2D eigenvalue weighted by Crippen LogP contribution is 2.25. The second-order valence-electron chi connectivity index (χ2n) is 8.88. The van der Waals surface area contributed by atoms with Crippen molar-refractivity contribution < 1.29 is 4.79 Å². The van der Waals surface area contributed by atoms with Crippen molar-refractivity contribution in [1.82, 2.24) is 20.0 Å². The molecular formula is C27H29N5OS. The maximum atomic E-state index is 13.0. The summed E-state index contributed by atoms with van der Waals surface area (Å²) in [5.74, 6) is -0.0656. The summed E-state index contributed by atoms with van der Waals surface area (Å²) in [4.78, 5) is 18.6. The summed E-state index contributed by atoms with van der Waals surface area (Å²) in [6.45, 7) is 7.13. The molecule has 0 saturated carbocycles. The Balaban J connectivity index is 1.43. The number of likely N-dealkylation sites (N-methyl/N-ethyl adjacent to an activating group) is 1. The van der Waals surface area contributed by atoms with Gasteiger partial charge in [-0.25, -0.2) is 0 Å². The number of aryl methyl sites for hydroxylation is 1. The number of amides is 1. The minimum Gasteiger partial charge on any atom is -0.321 e. The first kappa shape index (κ1) is 22.5. The molecule has 2 aromatic heterocycles. The van der Waals surface area contributed by atoms with Crippen molar-refractivity contribution in [3.63, 3.8) is 0 Å². The monoisotopic (exact) mass is 471 g/mol. The molecule has 0 unspecified atom stereocenters. The van der Waals surface area contributed by atoms with Crippen LogP contribution in [0.3, 0.4) is 0 Å². The molecule has 174 valence electrons. The van der Waals surface area contributed by atoms with Crippen LogP contribution in [0, 0.1) is 6.92 Å². The third kappa shape index (κ3) is 4.97. The third-order valence-electron chi connectivity index (χ3n) is 6.36. The Labute approximate surface area is 203 Å².